The Hall–Kier alpha value is -1.60. The molecule has 1 aliphatic carbocycles. The van der Waals surface area contributed by atoms with E-state index in [4.69, 9.17) is 17.5 Å². The van der Waals surface area contributed by atoms with Crippen molar-refractivity contribution in [3.8, 4) is 6.07 Å². The van der Waals surface area contributed by atoms with Crippen LogP contribution in [0.4, 0.5) is 0 Å². The van der Waals surface area contributed by atoms with Gasteiger partial charge in [-0.05, 0) is 49.2 Å². The number of aromatic nitrogens is 2. The number of H-pyrrole nitrogens is 1. The van der Waals surface area contributed by atoms with Crippen molar-refractivity contribution in [2.75, 3.05) is 0 Å². The largest absolute Gasteiger partial charge is 0.331 e. The first kappa shape index (κ1) is 12.4. The summed E-state index contributed by atoms with van der Waals surface area (Å²) in [6.45, 7) is 0.980. The van der Waals surface area contributed by atoms with Crippen LogP contribution < -0.4 is 0 Å². The Morgan fingerprint density at radius 3 is 2.84 bits per heavy atom. The van der Waals surface area contributed by atoms with E-state index in [0.29, 0.717) is 5.56 Å². The Morgan fingerprint density at radius 1 is 1.32 bits per heavy atom. The number of nitrogens with zero attached hydrogens (tertiary/aromatic N) is 2. The molecule has 0 unspecified atom stereocenters. The first-order valence-electron chi connectivity index (χ1n) is 6.90. The Kier molecular flexibility index (Phi) is 3.39. The van der Waals surface area contributed by atoms with E-state index >= 15 is 0 Å². The average molecular weight is 271 g/mol. The highest BCUT2D eigenvalue weighted by Gasteiger charge is 2.16. The van der Waals surface area contributed by atoms with Gasteiger partial charge in [-0.2, -0.15) is 5.26 Å². The molecule has 2 aromatic rings. The number of imidazole rings is 1. The number of hydrogen-bond donors (Lipinski definition) is 1. The van der Waals surface area contributed by atoms with Gasteiger partial charge in [0.05, 0.1) is 22.7 Å². The van der Waals surface area contributed by atoms with Crippen LogP contribution in [0.1, 0.15) is 37.7 Å². The summed E-state index contributed by atoms with van der Waals surface area (Å²) >= 11 is 5.43. The van der Waals surface area contributed by atoms with Crippen molar-refractivity contribution < 1.29 is 0 Å². The van der Waals surface area contributed by atoms with E-state index in [9.17, 15) is 0 Å². The lowest BCUT2D eigenvalue weighted by Gasteiger charge is -2.22. The lowest BCUT2D eigenvalue weighted by molar-refractivity contribution is 0.321. The van der Waals surface area contributed by atoms with Gasteiger partial charge in [-0.25, -0.2) is 0 Å². The van der Waals surface area contributed by atoms with E-state index in [-0.39, 0.29) is 0 Å². The summed E-state index contributed by atoms with van der Waals surface area (Å²) in [6.07, 6.45) is 6.64. The molecule has 0 atom stereocenters. The topological polar surface area (TPSA) is 44.5 Å². The van der Waals surface area contributed by atoms with Crippen LogP contribution in [-0.2, 0) is 6.54 Å². The molecule has 1 saturated carbocycles. The molecule has 1 N–H and O–H groups in total. The second-order valence-electron chi connectivity index (χ2n) is 5.39. The molecule has 0 aliphatic heterocycles. The maximum atomic E-state index is 9.02. The van der Waals surface area contributed by atoms with Crippen LogP contribution in [0, 0.1) is 22.0 Å². The summed E-state index contributed by atoms with van der Waals surface area (Å²) in [4.78, 5) is 3.24. The van der Waals surface area contributed by atoms with E-state index in [0.717, 1.165) is 28.3 Å². The molecule has 1 aromatic heterocycles. The average Bonchev–Trinajstić information content (AvgIpc) is 2.76. The number of rotatable bonds is 2. The van der Waals surface area contributed by atoms with Crippen molar-refractivity contribution in [3.05, 3.63) is 28.5 Å². The molecule has 19 heavy (non-hydrogen) atoms. The summed E-state index contributed by atoms with van der Waals surface area (Å²) in [5.41, 5.74) is 2.79. The van der Waals surface area contributed by atoms with Crippen molar-refractivity contribution in [3.63, 3.8) is 0 Å². The molecular weight excluding hydrogens is 254 g/mol. The first-order valence-corrected chi connectivity index (χ1v) is 7.31. The Bertz CT molecular complexity index is 683. The molecule has 1 heterocycles. The molecule has 0 spiro atoms. The molecule has 1 fully saturated rings. The smallest absolute Gasteiger partial charge is 0.178 e. The molecule has 4 heteroatoms. The summed E-state index contributed by atoms with van der Waals surface area (Å²) in [5.74, 6) is 0.727. The molecule has 0 radical (unpaired) electrons. The Labute approximate surface area is 117 Å². The minimum Gasteiger partial charge on any atom is -0.331 e. The van der Waals surface area contributed by atoms with Crippen molar-refractivity contribution in [2.24, 2.45) is 5.92 Å². The van der Waals surface area contributed by atoms with Gasteiger partial charge in [-0.1, -0.05) is 19.3 Å². The van der Waals surface area contributed by atoms with Crippen molar-refractivity contribution in [1.82, 2.24) is 9.55 Å². The molecule has 0 amide bonds. The number of hydrogen-bond acceptors (Lipinski definition) is 2. The third-order valence-corrected chi connectivity index (χ3v) is 4.39. The maximum Gasteiger partial charge on any atom is 0.178 e. The van der Waals surface area contributed by atoms with Crippen molar-refractivity contribution >= 4 is 23.3 Å². The number of aromatic amines is 1. The lowest BCUT2D eigenvalue weighted by atomic mass is 9.89. The van der Waals surface area contributed by atoms with Crippen LogP contribution in [0.2, 0.25) is 0 Å². The van der Waals surface area contributed by atoms with E-state index < -0.39 is 0 Å². The second-order valence-corrected chi connectivity index (χ2v) is 5.78. The highest BCUT2D eigenvalue weighted by atomic mass is 32.1. The SMILES string of the molecule is N#Cc1ccc2[nH]c(=S)n(CC3CCCCC3)c2c1. The fourth-order valence-electron chi connectivity index (χ4n) is 3.03. The standard InChI is InChI=1S/C15H17N3S/c16-9-12-6-7-13-14(8-12)18(15(19)17-13)10-11-4-2-1-3-5-11/h6-8,11H,1-5,10H2,(H,17,19). The molecule has 3 rings (SSSR count). The fourth-order valence-corrected chi connectivity index (χ4v) is 3.31. The number of benzene rings is 1. The first-order chi connectivity index (χ1) is 9.28. The normalized spacial score (nSPS) is 16.6. The monoisotopic (exact) mass is 271 g/mol. The molecular formula is C15H17N3S. The third-order valence-electron chi connectivity index (χ3n) is 4.07. The van der Waals surface area contributed by atoms with Gasteiger partial charge in [0.25, 0.3) is 0 Å². The lowest BCUT2D eigenvalue weighted by Crippen LogP contribution is -2.14. The summed E-state index contributed by atoms with van der Waals surface area (Å²) in [7, 11) is 0. The van der Waals surface area contributed by atoms with Gasteiger partial charge < -0.3 is 9.55 Å². The van der Waals surface area contributed by atoms with E-state index in [1.54, 1.807) is 0 Å². The van der Waals surface area contributed by atoms with Crippen LogP contribution in [0.3, 0.4) is 0 Å². The molecule has 3 nitrogen and oxygen atoms in total. The third kappa shape index (κ3) is 2.43. The van der Waals surface area contributed by atoms with Gasteiger partial charge in [-0.15, -0.1) is 0 Å². The zero-order valence-corrected chi connectivity index (χ0v) is 11.7. The van der Waals surface area contributed by atoms with Crippen LogP contribution in [-0.4, -0.2) is 9.55 Å². The van der Waals surface area contributed by atoms with Crippen LogP contribution >= 0.6 is 12.2 Å². The van der Waals surface area contributed by atoms with E-state index in [1.165, 1.54) is 32.1 Å². The van der Waals surface area contributed by atoms with Gasteiger partial charge in [0, 0.05) is 6.54 Å². The molecule has 0 saturated heterocycles. The predicted molar refractivity (Wildman–Crippen MR) is 78.4 cm³/mol. The molecule has 98 valence electrons. The predicted octanol–water partition coefficient (Wildman–Crippen LogP) is 4.15. The van der Waals surface area contributed by atoms with Crippen molar-refractivity contribution in [2.45, 2.75) is 38.6 Å². The highest BCUT2D eigenvalue weighted by Crippen LogP contribution is 2.27. The second kappa shape index (κ2) is 5.18. The maximum absolute atomic E-state index is 9.02. The van der Waals surface area contributed by atoms with Crippen LogP contribution in [0.25, 0.3) is 11.0 Å². The number of fused-ring (bicyclic) bond motifs is 1. The minimum atomic E-state index is 0.693. The molecule has 0 bridgehead atoms. The number of nitrogens with one attached hydrogen (secondary N) is 1. The minimum absolute atomic E-state index is 0.693. The highest BCUT2D eigenvalue weighted by molar-refractivity contribution is 7.71. The van der Waals surface area contributed by atoms with E-state index in [1.807, 2.05) is 18.2 Å². The van der Waals surface area contributed by atoms with Crippen molar-refractivity contribution in [1.29, 1.82) is 5.26 Å². The van der Waals surface area contributed by atoms with Gasteiger partial charge in [0.1, 0.15) is 0 Å². The van der Waals surface area contributed by atoms with Crippen LogP contribution in [0.15, 0.2) is 18.2 Å². The zero-order chi connectivity index (χ0) is 13.2. The fraction of sp³-hybridized carbons (Fsp3) is 0.467. The van der Waals surface area contributed by atoms with Gasteiger partial charge in [-0.3, -0.25) is 0 Å². The Morgan fingerprint density at radius 2 is 2.11 bits per heavy atom. The summed E-state index contributed by atoms with van der Waals surface area (Å²) < 4.78 is 2.94. The Balaban J connectivity index is 1.99. The molecule has 1 aromatic carbocycles. The summed E-state index contributed by atoms with van der Waals surface area (Å²) in [6, 6.07) is 7.91. The number of nitriles is 1. The molecule has 1 aliphatic rings. The quantitative estimate of drug-likeness (QED) is 0.834. The van der Waals surface area contributed by atoms with Gasteiger partial charge in [0.15, 0.2) is 4.77 Å². The van der Waals surface area contributed by atoms with Gasteiger partial charge >= 0.3 is 0 Å². The van der Waals surface area contributed by atoms with Gasteiger partial charge in [0.2, 0.25) is 0 Å². The van der Waals surface area contributed by atoms with Crippen LogP contribution in [0.5, 0.6) is 0 Å². The zero-order valence-electron chi connectivity index (χ0n) is 10.9. The van der Waals surface area contributed by atoms with E-state index in [2.05, 4.69) is 15.6 Å². The summed E-state index contributed by atoms with van der Waals surface area (Å²) in [5, 5.41) is 9.02.